The number of pyridine rings is 2. The Morgan fingerprint density at radius 3 is 2.46 bits per heavy atom. The summed E-state index contributed by atoms with van der Waals surface area (Å²) in [6, 6.07) is 16.6. The second-order valence-corrected chi connectivity index (χ2v) is 5.65. The molecular formula is C20H19N3O3. The Bertz CT molecular complexity index is 839. The summed E-state index contributed by atoms with van der Waals surface area (Å²) in [6.07, 6.45) is 3.90. The summed E-state index contributed by atoms with van der Waals surface area (Å²) in [5, 5.41) is 10.9. The van der Waals surface area contributed by atoms with Crippen molar-refractivity contribution in [2.45, 2.75) is 12.8 Å². The van der Waals surface area contributed by atoms with E-state index in [2.05, 4.69) is 14.7 Å². The van der Waals surface area contributed by atoms with E-state index in [4.69, 9.17) is 0 Å². The molecule has 3 rings (SSSR count). The number of aliphatic hydroxyl groups is 1. The van der Waals surface area contributed by atoms with E-state index in [0.717, 1.165) is 16.9 Å². The van der Waals surface area contributed by atoms with Gasteiger partial charge in [-0.15, -0.1) is 0 Å². The number of carbonyl (C=O) groups excluding carboxylic acids is 1. The molecule has 26 heavy (non-hydrogen) atoms. The number of anilines is 1. The molecule has 2 aromatic heterocycles. The Hall–Kier alpha value is -3.25. The first kappa shape index (κ1) is 17.6. The second kappa shape index (κ2) is 8.22. The number of carbonyl (C=O) groups is 1. The fourth-order valence-corrected chi connectivity index (χ4v) is 2.59. The number of rotatable bonds is 6. The van der Waals surface area contributed by atoms with Crippen molar-refractivity contribution < 1.29 is 14.6 Å². The second-order valence-electron chi connectivity index (χ2n) is 5.65. The van der Waals surface area contributed by atoms with Gasteiger partial charge in [-0.2, -0.15) is 0 Å². The summed E-state index contributed by atoms with van der Waals surface area (Å²) in [7, 11) is 1.33. The number of benzene rings is 1. The molecule has 6 nitrogen and oxygen atoms in total. The zero-order valence-electron chi connectivity index (χ0n) is 14.3. The van der Waals surface area contributed by atoms with E-state index >= 15 is 0 Å². The van der Waals surface area contributed by atoms with Crippen molar-refractivity contribution >= 4 is 11.7 Å². The summed E-state index contributed by atoms with van der Waals surface area (Å²) in [5.41, 5.74) is 2.69. The average molecular weight is 349 g/mol. The van der Waals surface area contributed by atoms with Gasteiger partial charge in [-0.05, 0) is 36.4 Å². The van der Waals surface area contributed by atoms with Crippen LogP contribution in [0.4, 0.5) is 5.69 Å². The number of nitrogens with zero attached hydrogens (tertiary/aromatic N) is 3. The number of para-hydroxylation sites is 1. The van der Waals surface area contributed by atoms with Gasteiger partial charge in [0, 0.05) is 29.8 Å². The van der Waals surface area contributed by atoms with E-state index in [0.29, 0.717) is 12.1 Å². The molecule has 6 heteroatoms. The molecule has 1 N–H and O–H groups in total. The van der Waals surface area contributed by atoms with Crippen molar-refractivity contribution in [3.05, 3.63) is 90.0 Å². The van der Waals surface area contributed by atoms with E-state index < -0.39 is 12.2 Å². The van der Waals surface area contributed by atoms with Crippen molar-refractivity contribution in [3.63, 3.8) is 0 Å². The van der Waals surface area contributed by atoms with Crippen LogP contribution in [0.3, 0.4) is 0 Å². The Morgan fingerprint density at radius 1 is 1.12 bits per heavy atom. The average Bonchev–Trinajstić information content (AvgIpc) is 2.72. The molecule has 0 aliphatic carbocycles. The smallest absolute Gasteiger partial charge is 0.339 e. The van der Waals surface area contributed by atoms with Crippen molar-refractivity contribution in [1.82, 2.24) is 9.97 Å². The maximum absolute atomic E-state index is 11.5. The Kier molecular flexibility index (Phi) is 5.56. The molecule has 132 valence electrons. The summed E-state index contributed by atoms with van der Waals surface area (Å²) >= 11 is 0. The summed E-state index contributed by atoms with van der Waals surface area (Å²) < 4.78 is 4.69. The molecule has 0 saturated carbocycles. The van der Waals surface area contributed by atoms with E-state index in [-0.39, 0.29) is 0 Å². The van der Waals surface area contributed by atoms with Crippen LogP contribution in [0.15, 0.2) is 73.2 Å². The molecule has 0 saturated heterocycles. The van der Waals surface area contributed by atoms with Crippen molar-refractivity contribution in [1.29, 1.82) is 0 Å². The van der Waals surface area contributed by atoms with Gasteiger partial charge in [0.1, 0.15) is 0 Å². The molecule has 1 atom stereocenters. The Labute approximate surface area is 151 Å². The number of methoxy groups -OCH3 is 1. The van der Waals surface area contributed by atoms with Crippen LogP contribution in [0.25, 0.3) is 0 Å². The highest BCUT2D eigenvalue weighted by Gasteiger charge is 2.19. The van der Waals surface area contributed by atoms with Gasteiger partial charge in [0.05, 0.1) is 24.9 Å². The van der Waals surface area contributed by atoms with Crippen molar-refractivity contribution in [3.8, 4) is 0 Å². The van der Waals surface area contributed by atoms with Crippen molar-refractivity contribution in [2.24, 2.45) is 0 Å². The fraction of sp³-hybridized carbons (Fsp3) is 0.150. The van der Waals surface area contributed by atoms with Gasteiger partial charge in [-0.1, -0.05) is 18.2 Å². The van der Waals surface area contributed by atoms with Gasteiger partial charge >= 0.3 is 5.97 Å². The molecule has 0 aliphatic rings. The predicted molar refractivity (Wildman–Crippen MR) is 97.4 cm³/mol. The number of aromatic nitrogens is 2. The maximum atomic E-state index is 11.5. The highest BCUT2D eigenvalue weighted by Crippen LogP contribution is 2.26. The highest BCUT2D eigenvalue weighted by molar-refractivity contribution is 5.88. The molecule has 1 unspecified atom stereocenters. The third kappa shape index (κ3) is 4.04. The van der Waals surface area contributed by atoms with E-state index in [9.17, 15) is 9.90 Å². The van der Waals surface area contributed by atoms with Crippen LogP contribution in [0.1, 0.15) is 27.8 Å². The minimum atomic E-state index is -0.859. The zero-order chi connectivity index (χ0) is 18.4. The lowest BCUT2D eigenvalue weighted by molar-refractivity contribution is 0.0600. The topological polar surface area (TPSA) is 75.5 Å². The summed E-state index contributed by atoms with van der Waals surface area (Å²) in [4.78, 5) is 21.7. The van der Waals surface area contributed by atoms with Gasteiger partial charge in [0.2, 0.25) is 0 Å². The normalized spacial score (nSPS) is 11.6. The minimum absolute atomic E-state index is 0.370. The molecule has 0 aliphatic heterocycles. The lowest BCUT2D eigenvalue weighted by atomic mass is 10.1. The van der Waals surface area contributed by atoms with Crippen LogP contribution in [0.2, 0.25) is 0 Å². The zero-order valence-corrected chi connectivity index (χ0v) is 14.3. The molecule has 2 heterocycles. The first-order valence-corrected chi connectivity index (χ1v) is 8.12. The number of esters is 1. The molecule has 0 bridgehead atoms. The quantitative estimate of drug-likeness (QED) is 0.545. The largest absolute Gasteiger partial charge is 0.465 e. The van der Waals surface area contributed by atoms with E-state index in [1.807, 2.05) is 35.2 Å². The van der Waals surface area contributed by atoms with Crippen molar-refractivity contribution in [2.75, 3.05) is 12.0 Å². The highest BCUT2D eigenvalue weighted by atomic mass is 16.5. The number of ether oxygens (including phenoxy) is 1. The number of hydrogen-bond acceptors (Lipinski definition) is 6. The monoisotopic (exact) mass is 349 g/mol. The molecule has 1 aromatic carbocycles. The van der Waals surface area contributed by atoms with Crippen LogP contribution >= 0.6 is 0 Å². The third-order valence-corrected chi connectivity index (χ3v) is 3.97. The lowest BCUT2D eigenvalue weighted by Gasteiger charge is -2.30. The van der Waals surface area contributed by atoms with Gasteiger partial charge in [0.15, 0.2) is 6.23 Å². The number of hydrogen-bond donors (Lipinski definition) is 1. The predicted octanol–water partition coefficient (Wildman–Crippen LogP) is 2.96. The van der Waals surface area contributed by atoms with Gasteiger partial charge in [-0.3, -0.25) is 9.97 Å². The summed E-state index contributed by atoms with van der Waals surface area (Å²) in [6.45, 7) is 0.370. The third-order valence-electron chi connectivity index (χ3n) is 3.97. The van der Waals surface area contributed by atoms with Gasteiger partial charge < -0.3 is 14.7 Å². The standard InChI is InChI=1S/C20H19N3O3/c1-26-20(25)16-7-8-17(22-13-16)14-23(18-5-3-2-4-6-18)19(24)15-9-11-21-12-10-15/h2-13,19,24H,14H2,1H3. The van der Waals surface area contributed by atoms with Crippen LogP contribution in [-0.4, -0.2) is 28.2 Å². The van der Waals surface area contributed by atoms with Crippen LogP contribution in [0, 0.1) is 0 Å². The van der Waals surface area contributed by atoms with Crippen LogP contribution in [0.5, 0.6) is 0 Å². The molecule has 0 fully saturated rings. The minimum Gasteiger partial charge on any atom is -0.465 e. The SMILES string of the molecule is COC(=O)c1ccc(CN(c2ccccc2)C(O)c2ccncc2)nc1. The molecule has 0 radical (unpaired) electrons. The lowest BCUT2D eigenvalue weighted by Crippen LogP contribution is -2.28. The molecular weight excluding hydrogens is 330 g/mol. The first-order chi connectivity index (χ1) is 12.7. The Morgan fingerprint density at radius 2 is 1.85 bits per heavy atom. The molecule has 0 spiro atoms. The van der Waals surface area contributed by atoms with E-state index in [1.165, 1.54) is 13.3 Å². The Balaban J connectivity index is 1.88. The van der Waals surface area contributed by atoms with Crippen LogP contribution in [-0.2, 0) is 11.3 Å². The number of aliphatic hydroxyl groups excluding tert-OH is 1. The van der Waals surface area contributed by atoms with E-state index in [1.54, 1.807) is 36.7 Å². The fourth-order valence-electron chi connectivity index (χ4n) is 2.59. The first-order valence-electron chi connectivity index (χ1n) is 8.12. The molecule has 3 aromatic rings. The van der Waals surface area contributed by atoms with Gasteiger partial charge in [-0.25, -0.2) is 4.79 Å². The maximum Gasteiger partial charge on any atom is 0.339 e. The summed E-state index contributed by atoms with van der Waals surface area (Å²) in [5.74, 6) is -0.430. The van der Waals surface area contributed by atoms with Crippen LogP contribution < -0.4 is 4.90 Å². The van der Waals surface area contributed by atoms with Gasteiger partial charge in [0.25, 0.3) is 0 Å². The molecule has 0 amide bonds.